The van der Waals surface area contributed by atoms with E-state index < -0.39 is 10.0 Å². The van der Waals surface area contributed by atoms with Crippen molar-refractivity contribution in [1.82, 2.24) is 29.4 Å². The molecule has 0 aliphatic heterocycles. The fraction of sp³-hybridized carbons (Fsp3) is 0.474. The van der Waals surface area contributed by atoms with Gasteiger partial charge in [0, 0.05) is 25.6 Å². The summed E-state index contributed by atoms with van der Waals surface area (Å²) < 4.78 is 32.9. The van der Waals surface area contributed by atoms with Crippen LogP contribution in [-0.4, -0.2) is 53.4 Å². The zero-order chi connectivity index (χ0) is 21.4. The van der Waals surface area contributed by atoms with Gasteiger partial charge in [-0.1, -0.05) is 20.8 Å². The summed E-state index contributed by atoms with van der Waals surface area (Å²) >= 11 is 0. The highest BCUT2D eigenvalue weighted by atomic mass is 32.2. The van der Waals surface area contributed by atoms with Gasteiger partial charge in [0.05, 0.1) is 16.6 Å². The molecule has 0 saturated heterocycles. The van der Waals surface area contributed by atoms with E-state index in [1.54, 1.807) is 16.6 Å². The lowest BCUT2D eigenvalue weighted by molar-refractivity contribution is 0.264. The lowest BCUT2D eigenvalue weighted by Gasteiger charge is -2.15. The molecule has 2 N–H and O–H groups in total. The number of benzene rings is 1. The molecule has 0 fully saturated rings. The van der Waals surface area contributed by atoms with Crippen molar-refractivity contribution in [2.75, 3.05) is 20.8 Å². The number of hydrogen-bond donors (Lipinski definition) is 2. The summed E-state index contributed by atoms with van der Waals surface area (Å²) in [5.41, 5.74) is 1.79. The molecule has 0 radical (unpaired) electrons. The number of sulfonamides is 1. The van der Waals surface area contributed by atoms with Gasteiger partial charge in [-0.2, -0.15) is 14.7 Å². The lowest BCUT2D eigenvalue weighted by atomic mass is 9.93. The third-order valence-electron chi connectivity index (χ3n) is 4.60. The average Bonchev–Trinajstić information content (AvgIpc) is 3.22. The Bertz CT molecular complexity index is 1080. The van der Waals surface area contributed by atoms with Gasteiger partial charge in [0.15, 0.2) is 11.5 Å². The van der Waals surface area contributed by atoms with Crippen molar-refractivity contribution in [2.24, 2.45) is 0 Å². The molecule has 0 saturated carbocycles. The van der Waals surface area contributed by atoms with Crippen LogP contribution in [0.1, 0.15) is 45.3 Å². The normalized spacial score (nSPS) is 13.9. The van der Waals surface area contributed by atoms with E-state index in [2.05, 4.69) is 41.4 Å². The third-order valence-corrected chi connectivity index (χ3v) is 6.43. The van der Waals surface area contributed by atoms with Crippen LogP contribution in [0, 0.1) is 0 Å². The van der Waals surface area contributed by atoms with Crippen molar-refractivity contribution in [3.63, 3.8) is 0 Å². The van der Waals surface area contributed by atoms with Gasteiger partial charge in [0.2, 0.25) is 10.0 Å². The molecule has 0 amide bonds. The van der Waals surface area contributed by atoms with Crippen LogP contribution in [0.5, 0.6) is 5.75 Å². The highest BCUT2D eigenvalue weighted by Gasteiger charge is 2.21. The average molecular weight is 421 g/mol. The predicted octanol–water partition coefficient (Wildman–Crippen LogP) is 2.29. The Hall–Kier alpha value is -2.43. The molecule has 3 aromatic rings. The number of aromatic nitrogens is 4. The zero-order valence-electron chi connectivity index (χ0n) is 17.6. The number of fused-ring (bicyclic) bond motifs is 1. The van der Waals surface area contributed by atoms with Crippen LogP contribution in [0.3, 0.4) is 0 Å². The minimum absolute atomic E-state index is 0.0455. The third kappa shape index (κ3) is 4.44. The zero-order valence-corrected chi connectivity index (χ0v) is 18.4. The van der Waals surface area contributed by atoms with Gasteiger partial charge in [-0.25, -0.2) is 12.7 Å². The molecule has 0 spiro atoms. The minimum Gasteiger partial charge on any atom is -0.478 e. The maximum Gasteiger partial charge on any atom is 0.242 e. The van der Waals surface area contributed by atoms with Gasteiger partial charge in [-0.15, -0.1) is 0 Å². The number of rotatable bonds is 7. The Kier molecular flexibility index (Phi) is 5.70. The Morgan fingerprint density at radius 1 is 1.24 bits per heavy atom. The first-order valence-corrected chi connectivity index (χ1v) is 10.8. The molecule has 2 heterocycles. The number of ether oxygens (including phenoxy) is 1. The van der Waals surface area contributed by atoms with Crippen LogP contribution >= 0.6 is 0 Å². The summed E-state index contributed by atoms with van der Waals surface area (Å²) in [7, 11) is -0.444. The predicted molar refractivity (Wildman–Crippen MR) is 110 cm³/mol. The summed E-state index contributed by atoms with van der Waals surface area (Å²) in [6.45, 7) is 8.57. The lowest BCUT2D eigenvalue weighted by Crippen LogP contribution is -2.25. The van der Waals surface area contributed by atoms with Crippen molar-refractivity contribution in [2.45, 2.75) is 44.0 Å². The van der Waals surface area contributed by atoms with E-state index in [-0.39, 0.29) is 23.1 Å². The van der Waals surface area contributed by atoms with Crippen LogP contribution in [0.15, 0.2) is 35.2 Å². The Morgan fingerprint density at radius 3 is 2.48 bits per heavy atom. The van der Waals surface area contributed by atoms with Crippen molar-refractivity contribution in [3.05, 3.63) is 41.9 Å². The fourth-order valence-corrected chi connectivity index (χ4v) is 3.61. The molecule has 9 nitrogen and oxygen atoms in total. The molecule has 10 heteroatoms. The number of nitrogens with zero attached hydrogens (tertiary/aromatic N) is 4. The summed E-state index contributed by atoms with van der Waals surface area (Å²) in [6.07, 6.45) is 0. The van der Waals surface area contributed by atoms with Gasteiger partial charge < -0.3 is 4.74 Å². The quantitative estimate of drug-likeness (QED) is 0.568. The number of hydrogen-bond acceptors (Lipinski definition) is 6. The standard InChI is InChI=1S/C19H28N6O3S/c1-13(18-22-21-17-11-16(19(2,3)4)23-25(17)18)20-12-28-14-7-9-15(10-8-14)29(26,27)24(5)6/h7-11,13,20-21H,12H2,1-6H3. The summed E-state index contributed by atoms with van der Waals surface area (Å²) in [4.78, 5) is 0.225. The Balaban J connectivity index is 1.62. The first-order valence-electron chi connectivity index (χ1n) is 9.33. The second kappa shape index (κ2) is 7.77. The molecule has 29 heavy (non-hydrogen) atoms. The summed E-state index contributed by atoms with van der Waals surface area (Å²) in [5.74, 6) is 1.33. The van der Waals surface area contributed by atoms with Crippen LogP contribution in [0.25, 0.3) is 5.65 Å². The molecule has 0 aliphatic rings. The first-order chi connectivity index (χ1) is 13.5. The second-order valence-electron chi connectivity index (χ2n) is 8.13. The van der Waals surface area contributed by atoms with E-state index in [9.17, 15) is 8.42 Å². The molecule has 1 aromatic carbocycles. The molecular weight excluding hydrogens is 392 g/mol. The minimum atomic E-state index is -3.45. The van der Waals surface area contributed by atoms with Crippen molar-refractivity contribution in [1.29, 1.82) is 0 Å². The van der Waals surface area contributed by atoms with Crippen molar-refractivity contribution >= 4 is 15.7 Å². The SMILES string of the molecule is CC(NCOc1ccc(S(=O)(=O)N(C)C)cc1)c1n[nH]c2cc(C(C)(C)C)nn12. The molecule has 0 aliphatic carbocycles. The monoisotopic (exact) mass is 420 g/mol. The van der Waals surface area contributed by atoms with E-state index in [1.165, 1.54) is 30.5 Å². The maximum atomic E-state index is 12.1. The van der Waals surface area contributed by atoms with Crippen LogP contribution in [-0.2, 0) is 15.4 Å². The molecule has 3 rings (SSSR count). The number of aromatic amines is 1. The van der Waals surface area contributed by atoms with Gasteiger partial charge in [0.25, 0.3) is 0 Å². The van der Waals surface area contributed by atoms with Crippen molar-refractivity contribution in [3.8, 4) is 5.75 Å². The van der Waals surface area contributed by atoms with E-state index >= 15 is 0 Å². The number of H-pyrrole nitrogens is 1. The van der Waals surface area contributed by atoms with Gasteiger partial charge >= 0.3 is 0 Å². The van der Waals surface area contributed by atoms with E-state index in [4.69, 9.17) is 4.74 Å². The molecule has 1 atom stereocenters. The van der Waals surface area contributed by atoms with Crippen molar-refractivity contribution < 1.29 is 13.2 Å². The molecule has 2 aromatic heterocycles. The highest BCUT2D eigenvalue weighted by molar-refractivity contribution is 7.89. The molecular formula is C19H28N6O3S. The first kappa shape index (κ1) is 21.3. The fourth-order valence-electron chi connectivity index (χ4n) is 2.70. The summed E-state index contributed by atoms with van der Waals surface area (Å²) in [6, 6.07) is 8.23. The van der Waals surface area contributed by atoms with Gasteiger partial charge in [-0.3, -0.25) is 10.4 Å². The Labute approximate surface area is 171 Å². The van der Waals surface area contributed by atoms with E-state index in [1.807, 2.05) is 13.0 Å². The van der Waals surface area contributed by atoms with Gasteiger partial charge in [0.1, 0.15) is 12.5 Å². The van der Waals surface area contributed by atoms with E-state index in [0.717, 1.165) is 17.2 Å². The van der Waals surface area contributed by atoms with Gasteiger partial charge in [-0.05, 0) is 31.2 Å². The number of nitrogens with one attached hydrogen (secondary N) is 2. The maximum absolute atomic E-state index is 12.1. The van der Waals surface area contributed by atoms with Crippen LogP contribution < -0.4 is 10.1 Å². The second-order valence-corrected chi connectivity index (χ2v) is 10.3. The molecule has 1 unspecified atom stereocenters. The van der Waals surface area contributed by atoms with E-state index in [0.29, 0.717) is 5.75 Å². The highest BCUT2D eigenvalue weighted by Crippen LogP contribution is 2.23. The Morgan fingerprint density at radius 2 is 1.90 bits per heavy atom. The van der Waals surface area contributed by atoms with Crippen LogP contribution in [0.4, 0.5) is 0 Å². The smallest absolute Gasteiger partial charge is 0.242 e. The molecule has 0 bridgehead atoms. The summed E-state index contributed by atoms with van der Waals surface area (Å²) in [5, 5.41) is 15.3. The van der Waals surface area contributed by atoms with Crippen LogP contribution in [0.2, 0.25) is 0 Å². The largest absolute Gasteiger partial charge is 0.478 e. The topological polar surface area (TPSA) is 105 Å². The molecule has 158 valence electrons.